The Balaban J connectivity index is 2.09. The van der Waals surface area contributed by atoms with Crippen molar-refractivity contribution >= 4 is 21.7 Å². The predicted molar refractivity (Wildman–Crippen MR) is 57.9 cm³/mol. The van der Waals surface area contributed by atoms with E-state index in [4.69, 9.17) is 0 Å². The van der Waals surface area contributed by atoms with Crippen molar-refractivity contribution in [1.82, 2.24) is 14.5 Å². The number of aromatic nitrogens is 4. The van der Waals surface area contributed by atoms with Gasteiger partial charge in [-0.1, -0.05) is 4.68 Å². The topological polar surface area (TPSA) is 99.8 Å². The number of rotatable bonds is 4. The second-order valence-corrected chi connectivity index (χ2v) is 5.32. The Morgan fingerprint density at radius 2 is 2.29 bits per heavy atom. The van der Waals surface area contributed by atoms with Gasteiger partial charge in [-0.15, -0.1) is 0 Å². The second-order valence-electron chi connectivity index (χ2n) is 3.20. The molecular weight excluding hydrogens is 264 g/mol. The third-order valence-corrected chi connectivity index (χ3v) is 3.12. The average Bonchev–Trinajstić information content (AvgIpc) is 2.79. The number of aryl methyl sites for hydroxylation is 1. The van der Waals surface area contributed by atoms with Gasteiger partial charge in [0.1, 0.15) is 21.8 Å². The fraction of sp³-hybridized carbons (Fsp3) is 0.250. The van der Waals surface area contributed by atoms with Gasteiger partial charge in [0.25, 0.3) is 0 Å². The van der Waals surface area contributed by atoms with E-state index in [0.717, 1.165) is 5.56 Å². The van der Waals surface area contributed by atoms with Crippen molar-refractivity contribution < 1.29 is 17.7 Å². The predicted octanol–water partition coefficient (Wildman–Crippen LogP) is -0.567. The lowest BCUT2D eigenvalue weighted by molar-refractivity contribution is -0.750. The van der Waals surface area contributed by atoms with Crippen LogP contribution in [-0.4, -0.2) is 33.2 Å². The van der Waals surface area contributed by atoms with Crippen molar-refractivity contribution in [2.45, 2.75) is 6.54 Å². The van der Waals surface area contributed by atoms with Crippen LogP contribution in [0.3, 0.4) is 0 Å². The van der Waals surface area contributed by atoms with Crippen LogP contribution in [0.5, 0.6) is 0 Å². The third kappa shape index (κ3) is 3.51. The van der Waals surface area contributed by atoms with Crippen molar-refractivity contribution in [3.05, 3.63) is 24.0 Å². The van der Waals surface area contributed by atoms with E-state index in [1.807, 2.05) is 0 Å². The maximum absolute atomic E-state index is 10.4. The molecule has 2 aromatic heterocycles. The number of nitrogens with zero attached hydrogens (tertiary/aromatic N) is 4. The molecule has 0 N–H and O–H groups in total. The summed E-state index contributed by atoms with van der Waals surface area (Å²) in [5.74, 6) is 0.102. The summed E-state index contributed by atoms with van der Waals surface area (Å²) in [6.45, 7) is 0.0383. The van der Waals surface area contributed by atoms with E-state index in [2.05, 4.69) is 14.5 Å². The van der Waals surface area contributed by atoms with Gasteiger partial charge in [0.2, 0.25) is 0 Å². The number of hydrogen-bond donors (Lipinski definition) is 0. The molecule has 0 aliphatic heterocycles. The molecule has 0 spiro atoms. The Kier molecular flexibility index (Phi) is 3.41. The summed E-state index contributed by atoms with van der Waals surface area (Å²) < 4.78 is 36.7. The summed E-state index contributed by atoms with van der Waals surface area (Å²) in [6.07, 6.45) is 3.11. The van der Waals surface area contributed by atoms with Crippen LogP contribution in [0.4, 0.5) is 0 Å². The summed E-state index contributed by atoms with van der Waals surface area (Å²) >= 11 is 1.24. The van der Waals surface area contributed by atoms with Crippen LogP contribution in [0, 0.1) is 0 Å². The van der Waals surface area contributed by atoms with Gasteiger partial charge in [-0.05, 0) is 16.6 Å². The van der Waals surface area contributed by atoms with E-state index >= 15 is 0 Å². The highest BCUT2D eigenvalue weighted by molar-refractivity contribution is 7.85. The molecule has 0 unspecified atom stereocenters. The molecule has 9 heteroatoms. The molecule has 90 valence electrons. The Hall–Kier alpha value is -1.45. The van der Waals surface area contributed by atoms with Crippen LogP contribution in [0.2, 0.25) is 0 Å². The van der Waals surface area contributed by atoms with Crippen molar-refractivity contribution in [2.24, 2.45) is 0 Å². The molecule has 0 aliphatic carbocycles. The van der Waals surface area contributed by atoms with Gasteiger partial charge in [-0.2, -0.15) is 4.37 Å². The molecular formula is C8H8N4O3S2. The lowest BCUT2D eigenvalue weighted by Crippen LogP contribution is -2.40. The van der Waals surface area contributed by atoms with Crippen molar-refractivity contribution in [1.29, 1.82) is 0 Å². The molecule has 0 atom stereocenters. The Labute approximate surface area is 102 Å². The first-order valence-electron chi connectivity index (χ1n) is 4.61. The van der Waals surface area contributed by atoms with Gasteiger partial charge in [0.05, 0.1) is 11.3 Å². The molecule has 7 nitrogen and oxygen atoms in total. The van der Waals surface area contributed by atoms with E-state index in [1.54, 1.807) is 17.8 Å². The zero-order chi connectivity index (χ0) is 12.3. The van der Waals surface area contributed by atoms with E-state index in [9.17, 15) is 13.0 Å². The minimum Gasteiger partial charge on any atom is -0.748 e. The maximum atomic E-state index is 10.4. The zero-order valence-corrected chi connectivity index (χ0v) is 10.2. The van der Waals surface area contributed by atoms with Crippen molar-refractivity contribution in [3.63, 3.8) is 0 Å². The quantitative estimate of drug-likeness (QED) is 0.546. The summed E-state index contributed by atoms with van der Waals surface area (Å²) in [7, 11) is -4.21. The van der Waals surface area contributed by atoms with Gasteiger partial charge in [0.15, 0.2) is 18.6 Å². The van der Waals surface area contributed by atoms with E-state index in [0.29, 0.717) is 5.82 Å². The first kappa shape index (κ1) is 12.0. The van der Waals surface area contributed by atoms with Crippen LogP contribution >= 0.6 is 11.5 Å². The standard InChI is InChI=1S/C8H8N4O3S2/c13-17(14,15)4-3-12-2-1-7(5-10-12)8-9-6-16-11-8/h1-2,5-6H,3-4H2. The Morgan fingerprint density at radius 1 is 1.47 bits per heavy atom. The molecule has 0 amide bonds. The molecule has 2 rings (SSSR count). The van der Waals surface area contributed by atoms with Gasteiger partial charge in [0, 0.05) is 6.07 Å². The van der Waals surface area contributed by atoms with E-state index in [1.165, 1.54) is 22.4 Å². The molecule has 0 radical (unpaired) electrons. The minimum atomic E-state index is -4.21. The lowest BCUT2D eigenvalue weighted by atomic mass is 10.3. The van der Waals surface area contributed by atoms with Gasteiger partial charge in [-0.25, -0.2) is 13.4 Å². The largest absolute Gasteiger partial charge is 0.748 e. The molecule has 0 saturated carbocycles. The molecule has 2 aromatic rings. The smallest absolute Gasteiger partial charge is 0.197 e. The van der Waals surface area contributed by atoms with Crippen molar-refractivity contribution in [3.8, 4) is 11.4 Å². The molecule has 2 heterocycles. The summed E-state index contributed by atoms with van der Waals surface area (Å²) in [4.78, 5) is 4.01. The summed E-state index contributed by atoms with van der Waals surface area (Å²) in [5.41, 5.74) is 2.35. The molecule has 0 aromatic carbocycles. The lowest BCUT2D eigenvalue weighted by Gasteiger charge is -2.02. The second kappa shape index (κ2) is 4.82. The van der Waals surface area contributed by atoms with Crippen LogP contribution in [0.1, 0.15) is 0 Å². The van der Waals surface area contributed by atoms with Gasteiger partial charge in [-0.3, -0.25) is 0 Å². The third-order valence-electron chi connectivity index (χ3n) is 1.96. The van der Waals surface area contributed by atoms with Gasteiger partial charge >= 0.3 is 0 Å². The van der Waals surface area contributed by atoms with Crippen molar-refractivity contribution in [2.75, 3.05) is 5.75 Å². The monoisotopic (exact) mass is 272 g/mol. The summed E-state index contributed by atoms with van der Waals surface area (Å²) in [5, 5.41) is 3.98. The highest BCUT2D eigenvalue weighted by atomic mass is 32.2. The van der Waals surface area contributed by atoms with E-state index < -0.39 is 15.9 Å². The molecule has 0 saturated heterocycles. The Bertz CT molecular complexity index is 580. The van der Waals surface area contributed by atoms with Crippen LogP contribution < -0.4 is 4.68 Å². The van der Waals surface area contributed by atoms with Crippen LogP contribution in [-0.2, 0) is 16.7 Å². The average molecular weight is 272 g/mol. The minimum absolute atomic E-state index is 0.0383. The summed E-state index contributed by atoms with van der Waals surface area (Å²) in [6, 6.07) is 1.71. The van der Waals surface area contributed by atoms with E-state index in [-0.39, 0.29) is 6.54 Å². The number of hydrogen-bond acceptors (Lipinski definition) is 7. The molecule has 0 bridgehead atoms. The SMILES string of the molecule is O=S(=O)([O-])CC[n+]1ccc(-c2ncsn2)cn1. The molecule has 17 heavy (non-hydrogen) atoms. The first-order chi connectivity index (χ1) is 8.04. The zero-order valence-electron chi connectivity index (χ0n) is 8.55. The maximum Gasteiger partial charge on any atom is 0.197 e. The fourth-order valence-corrected chi connectivity index (χ4v) is 2.01. The normalized spacial score (nSPS) is 11.6. The first-order valence-corrected chi connectivity index (χ1v) is 7.02. The highest BCUT2D eigenvalue weighted by Crippen LogP contribution is 2.11. The fourth-order valence-electron chi connectivity index (χ4n) is 1.15. The highest BCUT2D eigenvalue weighted by Gasteiger charge is 2.08. The Morgan fingerprint density at radius 3 is 2.82 bits per heavy atom. The van der Waals surface area contributed by atoms with Crippen LogP contribution in [0.15, 0.2) is 24.0 Å². The molecule has 0 fully saturated rings. The van der Waals surface area contributed by atoms with Crippen LogP contribution in [0.25, 0.3) is 11.4 Å². The molecule has 0 aliphatic rings. The van der Waals surface area contributed by atoms with Gasteiger partial charge < -0.3 is 4.55 Å².